The number of aromatic carboxylic acids is 1. The van der Waals surface area contributed by atoms with Crippen molar-refractivity contribution in [2.24, 2.45) is 0 Å². The number of ether oxygens (including phenoxy) is 1. The van der Waals surface area contributed by atoms with E-state index in [1.165, 1.54) is 25.3 Å². The lowest BCUT2D eigenvalue weighted by Crippen LogP contribution is -2.00. The van der Waals surface area contributed by atoms with E-state index in [1.807, 2.05) is 0 Å². The lowest BCUT2D eigenvalue weighted by molar-refractivity contribution is -0.385. The van der Waals surface area contributed by atoms with Crippen LogP contribution in [0.15, 0.2) is 22.6 Å². The molecular weight excluding hydrogens is 280 g/mol. The number of carboxylic acid groups (broad SMARTS) is 1. The van der Waals surface area contributed by atoms with Gasteiger partial charge in [0.15, 0.2) is 0 Å². The Morgan fingerprint density at radius 3 is 2.76 bits per heavy atom. The Hall–Kier alpha value is -2.74. The molecule has 0 fully saturated rings. The zero-order valence-corrected chi connectivity index (χ0v) is 11.3. The Balaban J connectivity index is 2.47. The summed E-state index contributed by atoms with van der Waals surface area (Å²) in [7, 11) is 1.41. The zero-order valence-electron chi connectivity index (χ0n) is 11.3. The SMILES string of the molecule is COCc1nc(-c2ccc([N+](=O)[O-])c(C)c2)oc1C(=O)O. The lowest BCUT2D eigenvalue weighted by Gasteiger charge is -1.99. The number of aromatic nitrogens is 1. The first-order valence-electron chi connectivity index (χ1n) is 5.91. The molecule has 21 heavy (non-hydrogen) atoms. The molecule has 0 aliphatic rings. The van der Waals surface area contributed by atoms with Crippen LogP contribution < -0.4 is 0 Å². The van der Waals surface area contributed by atoms with E-state index in [1.54, 1.807) is 6.92 Å². The summed E-state index contributed by atoms with van der Waals surface area (Å²) in [6, 6.07) is 4.30. The Bertz CT molecular complexity index is 707. The number of hydrogen-bond acceptors (Lipinski definition) is 6. The van der Waals surface area contributed by atoms with Crippen LogP contribution in [0.2, 0.25) is 0 Å². The second-order valence-corrected chi connectivity index (χ2v) is 4.29. The molecule has 8 heteroatoms. The van der Waals surface area contributed by atoms with Gasteiger partial charge in [0.1, 0.15) is 5.69 Å². The van der Waals surface area contributed by atoms with Crippen LogP contribution in [0.4, 0.5) is 5.69 Å². The van der Waals surface area contributed by atoms with Gasteiger partial charge in [0.25, 0.3) is 5.69 Å². The van der Waals surface area contributed by atoms with E-state index in [9.17, 15) is 14.9 Å². The van der Waals surface area contributed by atoms with Crippen LogP contribution in [0.1, 0.15) is 21.8 Å². The quantitative estimate of drug-likeness (QED) is 0.664. The molecule has 0 bridgehead atoms. The molecule has 2 rings (SSSR count). The second-order valence-electron chi connectivity index (χ2n) is 4.29. The fourth-order valence-corrected chi connectivity index (χ4v) is 1.87. The van der Waals surface area contributed by atoms with Gasteiger partial charge in [-0.25, -0.2) is 9.78 Å². The molecule has 0 saturated carbocycles. The molecule has 0 aliphatic carbocycles. The third-order valence-electron chi connectivity index (χ3n) is 2.81. The van der Waals surface area contributed by atoms with E-state index in [4.69, 9.17) is 14.3 Å². The number of oxazole rings is 1. The molecule has 2 aromatic rings. The number of carboxylic acids is 1. The summed E-state index contributed by atoms with van der Waals surface area (Å²) in [5, 5.41) is 19.8. The molecule has 1 aromatic heterocycles. The molecule has 0 saturated heterocycles. The Kier molecular flexibility index (Phi) is 3.99. The van der Waals surface area contributed by atoms with Crippen molar-refractivity contribution in [1.82, 2.24) is 4.98 Å². The predicted molar refractivity (Wildman–Crippen MR) is 71.0 cm³/mol. The highest BCUT2D eigenvalue weighted by molar-refractivity contribution is 5.86. The van der Waals surface area contributed by atoms with Gasteiger partial charge in [-0.3, -0.25) is 10.1 Å². The minimum Gasteiger partial charge on any atom is -0.475 e. The van der Waals surface area contributed by atoms with Crippen molar-refractivity contribution in [1.29, 1.82) is 0 Å². The van der Waals surface area contributed by atoms with Crippen molar-refractivity contribution >= 4 is 11.7 Å². The van der Waals surface area contributed by atoms with Gasteiger partial charge in [0.2, 0.25) is 11.7 Å². The molecule has 0 spiro atoms. The van der Waals surface area contributed by atoms with E-state index in [0.29, 0.717) is 11.1 Å². The first kappa shape index (κ1) is 14.7. The van der Waals surface area contributed by atoms with Crippen LogP contribution in [-0.4, -0.2) is 28.1 Å². The van der Waals surface area contributed by atoms with Gasteiger partial charge in [-0.05, 0) is 19.1 Å². The molecular formula is C13H12N2O6. The van der Waals surface area contributed by atoms with Gasteiger partial charge in [0.05, 0.1) is 11.5 Å². The molecule has 0 amide bonds. The maximum absolute atomic E-state index is 11.1. The molecule has 1 N–H and O–H groups in total. The van der Waals surface area contributed by atoms with E-state index in [0.717, 1.165) is 0 Å². The van der Waals surface area contributed by atoms with E-state index in [-0.39, 0.29) is 29.6 Å². The fourth-order valence-electron chi connectivity index (χ4n) is 1.87. The zero-order chi connectivity index (χ0) is 15.6. The maximum atomic E-state index is 11.1. The number of carbonyl (C=O) groups is 1. The van der Waals surface area contributed by atoms with Crippen LogP contribution in [0.25, 0.3) is 11.5 Å². The lowest BCUT2D eigenvalue weighted by atomic mass is 10.1. The monoisotopic (exact) mass is 292 g/mol. The minimum atomic E-state index is -1.25. The number of hydrogen-bond donors (Lipinski definition) is 1. The van der Waals surface area contributed by atoms with Crippen LogP contribution in [0, 0.1) is 17.0 Å². The Morgan fingerprint density at radius 2 is 2.24 bits per heavy atom. The van der Waals surface area contributed by atoms with E-state index >= 15 is 0 Å². The fraction of sp³-hybridized carbons (Fsp3) is 0.231. The number of nitro groups is 1. The third kappa shape index (κ3) is 2.90. The van der Waals surface area contributed by atoms with Crippen molar-refractivity contribution in [3.8, 4) is 11.5 Å². The van der Waals surface area contributed by atoms with Gasteiger partial charge in [-0.2, -0.15) is 0 Å². The predicted octanol–water partition coefficient (Wildman–Crippen LogP) is 2.40. The molecule has 0 atom stereocenters. The number of benzene rings is 1. The third-order valence-corrected chi connectivity index (χ3v) is 2.81. The van der Waals surface area contributed by atoms with Crippen LogP contribution in [0.5, 0.6) is 0 Å². The highest BCUT2D eigenvalue weighted by Crippen LogP contribution is 2.27. The smallest absolute Gasteiger partial charge is 0.373 e. The first-order chi connectivity index (χ1) is 9.93. The molecule has 8 nitrogen and oxygen atoms in total. The summed E-state index contributed by atoms with van der Waals surface area (Å²) in [5.41, 5.74) is 1.03. The standard InChI is InChI=1S/C13H12N2O6/c1-7-5-8(3-4-10(7)15(18)19)12-14-9(6-20-2)11(21-12)13(16)17/h3-5H,6H2,1-2H3,(H,16,17). The Morgan fingerprint density at radius 1 is 1.52 bits per heavy atom. The number of methoxy groups -OCH3 is 1. The number of rotatable bonds is 5. The van der Waals surface area contributed by atoms with Crippen LogP contribution in [0.3, 0.4) is 0 Å². The minimum absolute atomic E-state index is 0.00288. The summed E-state index contributed by atoms with van der Waals surface area (Å²) in [6.07, 6.45) is 0. The number of nitro benzene ring substituents is 1. The van der Waals surface area contributed by atoms with Crippen molar-refractivity contribution in [3.63, 3.8) is 0 Å². The van der Waals surface area contributed by atoms with Gasteiger partial charge in [-0.15, -0.1) is 0 Å². The molecule has 0 radical (unpaired) electrons. The van der Waals surface area contributed by atoms with Crippen molar-refractivity contribution in [2.75, 3.05) is 7.11 Å². The first-order valence-corrected chi connectivity index (χ1v) is 5.91. The van der Waals surface area contributed by atoms with Gasteiger partial charge < -0.3 is 14.3 Å². The topological polar surface area (TPSA) is 116 Å². The van der Waals surface area contributed by atoms with Gasteiger partial charge in [0, 0.05) is 24.3 Å². The second kappa shape index (κ2) is 5.71. The van der Waals surface area contributed by atoms with Gasteiger partial charge in [-0.1, -0.05) is 0 Å². The Labute approximate surface area is 119 Å². The largest absolute Gasteiger partial charge is 0.475 e. The summed E-state index contributed by atoms with van der Waals surface area (Å²) in [5.74, 6) is -1.47. The van der Waals surface area contributed by atoms with Gasteiger partial charge >= 0.3 is 5.97 Å². The summed E-state index contributed by atoms with van der Waals surface area (Å²) >= 11 is 0. The molecule has 0 unspecified atom stereocenters. The van der Waals surface area contributed by atoms with Crippen LogP contribution in [-0.2, 0) is 11.3 Å². The van der Waals surface area contributed by atoms with E-state index in [2.05, 4.69) is 4.98 Å². The average molecular weight is 292 g/mol. The van der Waals surface area contributed by atoms with Crippen LogP contribution >= 0.6 is 0 Å². The summed E-state index contributed by atoms with van der Waals surface area (Å²) in [4.78, 5) is 25.4. The number of aryl methyl sites for hydroxylation is 1. The average Bonchev–Trinajstić information content (AvgIpc) is 2.83. The highest BCUT2D eigenvalue weighted by Gasteiger charge is 2.21. The highest BCUT2D eigenvalue weighted by atomic mass is 16.6. The van der Waals surface area contributed by atoms with Crippen molar-refractivity contribution in [2.45, 2.75) is 13.5 Å². The van der Waals surface area contributed by atoms with Crippen molar-refractivity contribution < 1.29 is 24.0 Å². The molecule has 1 aromatic carbocycles. The molecule has 110 valence electrons. The van der Waals surface area contributed by atoms with E-state index < -0.39 is 10.9 Å². The molecule has 0 aliphatic heterocycles. The summed E-state index contributed by atoms with van der Waals surface area (Å²) in [6.45, 7) is 1.58. The van der Waals surface area contributed by atoms with Crippen molar-refractivity contribution in [3.05, 3.63) is 45.3 Å². The molecule has 1 heterocycles. The summed E-state index contributed by atoms with van der Waals surface area (Å²) < 4.78 is 10.1. The maximum Gasteiger partial charge on any atom is 0.373 e. The number of nitrogens with zero attached hydrogens (tertiary/aromatic N) is 2. The normalized spacial score (nSPS) is 10.6.